The summed E-state index contributed by atoms with van der Waals surface area (Å²) in [5.41, 5.74) is 5.52. The van der Waals surface area contributed by atoms with Crippen LogP contribution in [0, 0.1) is 0 Å². The normalized spacial score (nSPS) is 9.24. The topological polar surface area (TPSA) is 132 Å². The number of anilines is 1. The number of aromatic carboxylic acids is 1. The van der Waals surface area contributed by atoms with E-state index < -0.39 is 5.97 Å². The van der Waals surface area contributed by atoms with E-state index in [-0.39, 0.29) is 17.3 Å². The molecule has 21 heavy (non-hydrogen) atoms. The van der Waals surface area contributed by atoms with Crippen molar-refractivity contribution in [3.05, 3.63) is 35.9 Å². The molecule has 2 aromatic rings. The number of carbonyl (C=O) groups is 1. The van der Waals surface area contributed by atoms with Gasteiger partial charge in [0.1, 0.15) is 0 Å². The second-order valence-electron chi connectivity index (χ2n) is 3.71. The number of nitrogens with one attached hydrogen (secondary N) is 1. The summed E-state index contributed by atoms with van der Waals surface area (Å²) in [6.45, 7) is 0. The molecule has 0 aliphatic rings. The van der Waals surface area contributed by atoms with Crippen molar-refractivity contribution in [1.82, 2.24) is 4.98 Å². The number of nitrogens with zero attached hydrogens (tertiary/aromatic N) is 1. The van der Waals surface area contributed by atoms with Crippen LogP contribution in [0.25, 0.3) is 0 Å². The zero-order chi connectivity index (χ0) is 15.8. The van der Waals surface area contributed by atoms with Crippen LogP contribution >= 0.6 is 0 Å². The molecular weight excluding hydrogens is 278 g/mol. The molecule has 0 radical (unpaired) electrons. The lowest BCUT2D eigenvalue weighted by Crippen LogP contribution is -2.15. The first kappa shape index (κ1) is 16.0. The van der Waals surface area contributed by atoms with Crippen LogP contribution in [0.1, 0.15) is 10.4 Å². The fraction of sp³-hybridized carbons (Fsp3) is 0.154. The molecular formula is C13H15N3O5. The summed E-state index contributed by atoms with van der Waals surface area (Å²) >= 11 is 0. The van der Waals surface area contributed by atoms with E-state index >= 15 is 0 Å². The molecule has 0 unspecified atom stereocenters. The Hall–Kier alpha value is -3.03. The maximum absolute atomic E-state index is 10.5. The number of hydrogen-bond donors (Lipinski definition) is 2. The minimum Gasteiger partial charge on any atom is -0.872 e. The van der Waals surface area contributed by atoms with Gasteiger partial charge in [0.25, 0.3) is 11.8 Å². The Balaban J connectivity index is 0.000000211. The van der Waals surface area contributed by atoms with Crippen LogP contribution in [-0.2, 0) is 0 Å². The number of hydrogen-bond acceptors (Lipinski definition) is 6. The highest BCUT2D eigenvalue weighted by Crippen LogP contribution is 2.10. The lowest BCUT2D eigenvalue weighted by atomic mass is 10.2. The number of benzene rings is 1. The van der Waals surface area contributed by atoms with Gasteiger partial charge in [0.05, 0.1) is 25.8 Å². The van der Waals surface area contributed by atoms with Crippen molar-refractivity contribution in [1.29, 1.82) is 0 Å². The number of carboxylic acid groups (broad SMARTS) is 1. The van der Waals surface area contributed by atoms with Gasteiger partial charge < -0.3 is 19.7 Å². The van der Waals surface area contributed by atoms with Crippen molar-refractivity contribution in [3.8, 4) is 17.5 Å². The molecule has 0 spiro atoms. The molecule has 0 amide bonds. The predicted octanol–water partition coefficient (Wildman–Crippen LogP) is -0.0465. The lowest BCUT2D eigenvalue weighted by Gasteiger charge is -2.02. The van der Waals surface area contributed by atoms with Crippen LogP contribution in [0.3, 0.4) is 0 Å². The summed E-state index contributed by atoms with van der Waals surface area (Å²) in [4.78, 5) is 16.7. The Morgan fingerprint density at radius 1 is 1.29 bits per heavy atom. The lowest BCUT2D eigenvalue weighted by molar-refractivity contribution is -0.380. The van der Waals surface area contributed by atoms with E-state index in [1.807, 2.05) is 0 Å². The van der Waals surface area contributed by atoms with Gasteiger partial charge in [-0.15, -0.1) is 5.75 Å². The van der Waals surface area contributed by atoms with Gasteiger partial charge in [0, 0.05) is 0 Å². The Morgan fingerprint density at radius 2 is 1.90 bits per heavy atom. The van der Waals surface area contributed by atoms with E-state index in [1.165, 1.54) is 38.5 Å². The summed E-state index contributed by atoms with van der Waals surface area (Å²) in [5, 5.41) is 18.8. The largest absolute Gasteiger partial charge is 0.872 e. The monoisotopic (exact) mass is 293 g/mol. The van der Waals surface area contributed by atoms with Crippen molar-refractivity contribution in [2.75, 3.05) is 20.0 Å². The molecule has 1 aromatic heterocycles. The van der Waals surface area contributed by atoms with Crippen LogP contribution in [0.4, 0.5) is 5.95 Å². The van der Waals surface area contributed by atoms with Gasteiger partial charge in [-0.05, 0) is 17.1 Å². The van der Waals surface area contributed by atoms with Crippen molar-refractivity contribution in [3.63, 3.8) is 0 Å². The number of H-pyrrole nitrogens is 1. The minimum atomic E-state index is -1.01. The van der Waals surface area contributed by atoms with Crippen molar-refractivity contribution >= 4 is 11.9 Å². The first-order valence-corrected chi connectivity index (χ1v) is 5.74. The Labute approximate surface area is 120 Å². The van der Waals surface area contributed by atoms with Gasteiger partial charge in [-0.25, -0.2) is 9.78 Å². The fourth-order valence-corrected chi connectivity index (χ4v) is 1.27. The quantitative estimate of drug-likeness (QED) is 0.810. The number of methoxy groups -OCH3 is 2. The first-order chi connectivity index (χ1) is 9.96. The van der Waals surface area contributed by atoms with Gasteiger partial charge in [0.15, 0.2) is 0 Å². The molecule has 0 aliphatic heterocycles. The third kappa shape index (κ3) is 5.23. The summed E-state index contributed by atoms with van der Waals surface area (Å²) in [5.74, 6) is 0.0265. The van der Waals surface area contributed by atoms with Gasteiger partial charge in [-0.3, -0.25) is 5.73 Å². The first-order valence-electron chi connectivity index (χ1n) is 5.74. The molecule has 0 atom stereocenters. The van der Waals surface area contributed by atoms with E-state index in [1.54, 1.807) is 6.07 Å². The third-order valence-electron chi connectivity index (χ3n) is 2.27. The average molecular weight is 293 g/mol. The molecule has 0 bridgehead atoms. The number of aromatic amines is 1. The number of aromatic nitrogens is 2. The average Bonchev–Trinajstić information content (AvgIpc) is 2.47. The SMILES string of the molecule is COc1cc(OC)[nH+]c(N)n1.O=C(O)c1ccc([O-])cc1. The molecule has 0 saturated heterocycles. The molecule has 0 saturated carbocycles. The molecule has 112 valence electrons. The summed E-state index contributed by atoms with van der Waals surface area (Å²) in [7, 11) is 3.05. The van der Waals surface area contributed by atoms with Crippen molar-refractivity contribution in [2.24, 2.45) is 0 Å². The molecule has 1 aromatic carbocycles. The summed E-state index contributed by atoms with van der Waals surface area (Å²) in [6.07, 6.45) is 0. The van der Waals surface area contributed by atoms with E-state index in [4.69, 9.17) is 20.3 Å². The van der Waals surface area contributed by atoms with E-state index in [9.17, 15) is 9.90 Å². The second-order valence-corrected chi connectivity index (χ2v) is 3.71. The summed E-state index contributed by atoms with van der Waals surface area (Å²) < 4.78 is 9.73. The van der Waals surface area contributed by atoms with E-state index in [0.29, 0.717) is 11.8 Å². The third-order valence-corrected chi connectivity index (χ3v) is 2.27. The molecule has 0 fully saturated rings. The highest BCUT2D eigenvalue weighted by Gasteiger charge is 2.07. The molecule has 2 rings (SSSR count). The Kier molecular flexibility index (Phi) is 5.75. The minimum absolute atomic E-state index is 0.139. The zero-order valence-corrected chi connectivity index (χ0v) is 11.5. The van der Waals surface area contributed by atoms with Crippen LogP contribution in [0.5, 0.6) is 17.5 Å². The molecule has 8 nitrogen and oxygen atoms in total. The number of nitrogens with two attached hydrogens (primary N) is 1. The maximum Gasteiger partial charge on any atom is 0.393 e. The number of rotatable bonds is 3. The molecule has 4 N–H and O–H groups in total. The highest BCUT2D eigenvalue weighted by molar-refractivity contribution is 5.87. The molecule has 1 heterocycles. The zero-order valence-electron chi connectivity index (χ0n) is 11.5. The van der Waals surface area contributed by atoms with Crippen LogP contribution < -0.4 is 25.3 Å². The van der Waals surface area contributed by atoms with Crippen molar-refractivity contribution in [2.45, 2.75) is 0 Å². The van der Waals surface area contributed by atoms with Crippen LogP contribution in [0.15, 0.2) is 30.3 Å². The number of ether oxygens (including phenoxy) is 2. The Bertz CT molecular complexity index is 579. The van der Waals surface area contributed by atoms with Gasteiger partial charge in [-0.2, -0.15) is 0 Å². The van der Waals surface area contributed by atoms with Crippen LogP contribution in [-0.4, -0.2) is 30.3 Å². The standard InChI is InChI=1S/C7H6O3.C6H9N3O2/c8-6-3-1-5(2-4-6)7(9)10;1-10-4-3-5(11-2)9-6(7)8-4/h1-4,8H,(H,9,10);3H,1-2H3,(H2,7,8,9). The Morgan fingerprint density at radius 3 is 2.38 bits per heavy atom. The highest BCUT2D eigenvalue weighted by atomic mass is 16.5. The fourth-order valence-electron chi connectivity index (χ4n) is 1.27. The smallest absolute Gasteiger partial charge is 0.393 e. The summed E-state index contributed by atoms with van der Waals surface area (Å²) in [6, 6.07) is 6.62. The number of nitrogen functional groups attached to an aromatic ring is 1. The molecule has 8 heteroatoms. The van der Waals surface area contributed by atoms with Gasteiger partial charge >= 0.3 is 11.9 Å². The van der Waals surface area contributed by atoms with Gasteiger partial charge in [-0.1, -0.05) is 12.1 Å². The van der Waals surface area contributed by atoms with E-state index in [0.717, 1.165) is 0 Å². The number of carboxylic acids is 1. The van der Waals surface area contributed by atoms with E-state index in [2.05, 4.69) is 9.97 Å². The second kappa shape index (κ2) is 7.53. The molecule has 0 aliphatic carbocycles. The van der Waals surface area contributed by atoms with Crippen LogP contribution in [0.2, 0.25) is 0 Å². The predicted molar refractivity (Wildman–Crippen MR) is 71.2 cm³/mol. The van der Waals surface area contributed by atoms with Gasteiger partial charge in [0.2, 0.25) is 0 Å². The van der Waals surface area contributed by atoms with Crippen molar-refractivity contribution < 1.29 is 29.5 Å². The maximum atomic E-state index is 10.5.